The van der Waals surface area contributed by atoms with Gasteiger partial charge in [0, 0.05) is 9.35 Å². The Balaban J connectivity index is 2.43. The molecule has 2 aromatic rings. The van der Waals surface area contributed by atoms with Gasteiger partial charge in [-0.15, -0.1) is 22.9 Å². The average molecular weight is 395 g/mol. The standard InChI is InChI=1S/C13H11Br2ClS/c1-7-4-3-5-9(11(7)14)12(16)10-6-8(2)13(15)17-10/h3-6,12H,1-2H3. The van der Waals surface area contributed by atoms with Gasteiger partial charge in [-0.1, -0.05) is 34.1 Å². The van der Waals surface area contributed by atoms with Gasteiger partial charge in [0.25, 0.3) is 0 Å². The molecule has 90 valence electrons. The van der Waals surface area contributed by atoms with E-state index < -0.39 is 0 Å². The molecule has 1 aromatic heterocycles. The summed E-state index contributed by atoms with van der Waals surface area (Å²) in [5, 5.41) is -0.0979. The molecule has 2 rings (SSSR count). The summed E-state index contributed by atoms with van der Waals surface area (Å²) in [5.74, 6) is 0. The first kappa shape index (κ1) is 13.6. The highest BCUT2D eigenvalue weighted by Gasteiger charge is 2.17. The highest BCUT2D eigenvalue weighted by atomic mass is 79.9. The minimum absolute atomic E-state index is 0.0979. The van der Waals surface area contributed by atoms with Crippen LogP contribution in [-0.4, -0.2) is 0 Å². The third-order valence-corrected chi connectivity index (χ3v) is 6.51. The zero-order valence-corrected chi connectivity index (χ0v) is 14.2. The van der Waals surface area contributed by atoms with Gasteiger partial charge in [-0.05, 0) is 52.5 Å². The molecule has 0 radical (unpaired) electrons. The second-order valence-electron chi connectivity index (χ2n) is 3.95. The third-order valence-electron chi connectivity index (χ3n) is 2.62. The molecule has 17 heavy (non-hydrogen) atoms. The molecule has 0 spiro atoms. The number of halogens is 3. The van der Waals surface area contributed by atoms with Crippen LogP contribution in [0, 0.1) is 13.8 Å². The largest absolute Gasteiger partial charge is 0.131 e. The molecule has 0 bridgehead atoms. The minimum atomic E-state index is -0.0979. The van der Waals surface area contributed by atoms with Crippen molar-refractivity contribution in [3.63, 3.8) is 0 Å². The molecular weight excluding hydrogens is 383 g/mol. The van der Waals surface area contributed by atoms with E-state index in [1.807, 2.05) is 6.07 Å². The molecule has 0 saturated heterocycles. The van der Waals surface area contributed by atoms with Gasteiger partial charge in [0.1, 0.15) is 0 Å². The minimum Gasteiger partial charge on any atom is -0.131 e. The van der Waals surface area contributed by atoms with Crippen LogP contribution in [0.1, 0.15) is 26.9 Å². The van der Waals surface area contributed by atoms with Crippen LogP contribution in [0.2, 0.25) is 0 Å². The quantitative estimate of drug-likeness (QED) is 0.531. The Labute approximate surface area is 127 Å². The van der Waals surface area contributed by atoms with Crippen LogP contribution < -0.4 is 0 Å². The van der Waals surface area contributed by atoms with Crippen molar-refractivity contribution in [1.29, 1.82) is 0 Å². The van der Waals surface area contributed by atoms with Crippen LogP contribution in [0.4, 0.5) is 0 Å². The van der Waals surface area contributed by atoms with Gasteiger partial charge in [-0.3, -0.25) is 0 Å². The van der Waals surface area contributed by atoms with Crippen molar-refractivity contribution in [2.45, 2.75) is 19.2 Å². The summed E-state index contributed by atoms with van der Waals surface area (Å²) in [6.45, 7) is 4.16. The summed E-state index contributed by atoms with van der Waals surface area (Å²) >= 11 is 15.4. The molecule has 0 fully saturated rings. The second-order valence-corrected chi connectivity index (χ2v) is 7.58. The predicted octanol–water partition coefficient (Wildman–Crippen LogP) is 6.22. The molecule has 4 heteroatoms. The van der Waals surface area contributed by atoms with Gasteiger partial charge < -0.3 is 0 Å². The van der Waals surface area contributed by atoms with Crippen LogP contribution in [0.15, 0.2) is 32.5 Å². The van der Waals surface area contributed by atoms with Gasteiger partial charge >= 0.3 is 0 Å². The van der Waals surface area contributed by atoms with E-state index in [1.165, 1.54) is 16.0 Å². The lowest BCUT2D eigenvalue weighted by Gasteiger charge is -2.11. The molecule has 0 N–H and O–H groups in total. The normalized spacial score (nSPS) is 12.8. The number of alkyl halides is 1. The summed E-state index contributed by atoms with van der Waals surface area (Å²) in [4.78, 5) is 1.17. The van der Waals surface area contributed by atoms with E-state index >= 15 is 0 Å². The van der Waals surface area contributed by atoms with Crippen molar-refractivity contribution < 1.29 is 0 Å². The van der Waals surface area contributed by atoms with Crippen LogP contribution in [-0.2, 0) is 0 Å². The lowest BCUT2D eigenvalue weighted by molar-refractivity contribution is 1.15. The van der Waals surface area contributed by atoms with Gasteiger partial charge in [-0.2, -0.15) is 0 Å². The van der Waals surface area contributed by atoms with Crippen LogP contribution in [0.3, 0.4) is 0 Å². The Kier molecular flexibility index (Phi) is 4.35. The van der Waals surface area contributed by atoms with E-state index in [9.17, 15) is 0 Å². The summed E-state index contributed by atoms with van der Waals surface area (Å²) in [7, 11) is 0. The Hall–Kier alpha value is 0.170. The fraction of sp³-hybridized carbons (Fsp3) is 0.231. The summed E-state index contributed by atoms with van der Waals surface area (Å²) < 4.78 is 2.25. The fourth-order valence-corrected chi connectivity index (χ4v) is 4.20. The molecule has 1 aromatic carbocycles. The average Bonchev–Trinajstić information content (AvgIpc) is 2.62. The summed E-state index contributed by atoms with van der Waals surface area (Å²) in [5.41, 5.74) is 3.57. The van der Waals surface area contributed by atoms with E-state index in [0.29, 0.717) is 0 Å². The maximum atomic E-state index is 6.55. The number of hydrogen-bond acceptors (Lipinski definition) is 1. The molecule has 0 amide bonds. The molecule has 1 heterocycles. The lowest BCUT2D eigenvalue weighted by atomic mass is 10.1. The van der Waals surface area contributed by atoms with Crippen molar-refractivity contribution in [2.75, 3.05) is 0 Å². The summed E-state index contributed by atoms with van der Waals surface area (Å²) in [6.07, 6.45) is 0. The molecule has 1 unspecified atom stereocenters. The first-order chi connectivity index (χ1) is 8.00. The highest BCUT2D eigenvalue weighted by molar-refractivity contribution is 9.11. The van der Waals surface area contributed by atoms with Gasteiger partial charge in [-0.25, -0.2) is 0 Å². The maximum absolute atomic E-state index is 6.55. The monoisotopic (exact) mass is 392 g/mol. The molecular formula is C13H11Br2ClS. The van der Waals surface area contributed by atoms with Crippen molar-refractivity contribution in [1.82, 2.24) is 0 Å². The van der Waals surface area contributed by atoms with E-state index in [2.05, 4.69) is 63.9 Å². The fourth-order valence-electron chi connectivity index (χ4n) is 1.63. The molecule has 0 aliphatic heterocycles. The summed E-state index contributed by atoms with van der Waals surface area (Å²) in [6, 6.07) is 8.33. The van der Waals surface area contributed by atoms with Crippen LogP contribution in [0.5, 0.6) is 0 Å². The van der Waals surface area contributed by atoms with E-state index in [4.69, 9.17) is 11.6 Å². The van der Waals surface area contributed by atoms with Gasteiger partial charge in [0.15, 0.2) is 0 Å². The van der Waals surface area contributed by atoms with Gasteiger partial charge in [0.2, 0.25) is 0 Å². The first-order valence-electron chi connectivity index (χ1n) is 5.15. The number of aryl methyl sites for hydroxylation is 2. The Bertz CT molecular complexity index is 529. The molecule has 0 aliphatic rings. The SMILES string of the molecule is Cc1cc(C(Cl)c2cccc(C)c2Br)sc1Br. The van der Waals surface area contributed by atoms with Crippen molar-refractivity contribution in [3.05, 3.63) is 54.1 Å². The Morgan fingerprint density at radius 1 is 1.18 bits per heavy atom. The van der Waals surface area contributed by atoms with E-state index in [-0.39, 0.29) is 5.38 Å². The Morgan fingerprint density at radius 3 is 2.47 bits per heavy atom. The highest BCUT2D eigenvalue weighted by Crippen LogP contribution is 2.40. The number of benzene rings is 1. The third kappa shape index (κ3) is 2.78. The second kappa shape index (κ2) is 5.43. The Morgan fingerprint density at radius 2 is 1.88 bits per heavy atom. The van der Waals surface area contributed by atoms with Crippen LogP contribution in [0.25, 0.3) is 0 Å². The number of rotatable bonds is 2. The zero-order chi connectivity index (χ0) is 12.6. The zero-order valence-electron chi connectivity index (χ0n) is 9.43. The van der Waals surface area contributed by atoms with Crippen molar-refractivity contribution >= 4 is 54.8 Å². The number of hydrogen-bond donors (Lipinski definition) is 0. The smallest absolute Gasteiger partial charge is 0.0939 e. The molecule has 1 atom stereocenters. The van der Waals surface area contributed by atoms with Crippen molar-refractivity contribution in [2.24, 2.45) is 0 Å². The molecule has 0 nitrogen and oxygen atoms in total. The van der Waals surface area contributed by atoms with E-state index in [1.54, 1.807) is 11.3 Å². The number of thiophene rings is 1. The lowest BCUT2D eigenvalue weighted by Crippen LogP contribution is -1.93. The van der Waals surface area contributed by atoms with Crippen LogP contribution >= 0.6 is 54.8 Å². The molecule has 0 aliphatic carbocycles. The predicted molar refractivity (Wildman–Crippen MR) is 83.3 cm³/mol. The molecule has 0 saturated carbocycles. The van der Waals surface area contributed by atoms with E-state index in [0.717, 1.165) is 13.8 Å². The topological polar surface area (TPSA) is 0 Å². The van der Waals surface area contributed by atoms with Gasteiger partial charge in [0.05, 0.1) is 9.16 Å². The first-order valence-corrected chi connectivity index (χ1v) is 7.99. The van der Waals surface area contributed by atoms with Crippen molar-refractivity contribution in [3.8, 4) is 0 Å². The maximum Gasteiger partial charge on any atom is 0.0939 e.